The van der Waals surface area contributed by atoms with Gasteiger partial charge in [-0.2, -0.15) is 0 Å². The van der Waals surface area contributed by atoms with Crippen molar-refractivity contribution in [3.8, 4) is 0 Å². The van der Waals surface area contributed by atoms with Crippen molar-refractivity contribution in [1.82, 2.24) is 0 Å². The van der Waals surface area contributed by atoms with Gasteiger partial charge in [-0.25, -0.2) is 0 Å². The molecule has 0 N–H and O–H groups in total. The number of benzene rings is 1. The minimum atomic E-state index is 0.627. The van der Waals surface area contributed by atoms with Crippen LogP contribution in [-0.2, 0) is 6.42 Å². The average Bonchev–Trinajstić information content (AvgIpc) is 2.19. The van der Waals surface area contributed by atoms with Gasteiger partial charge in [0.25, 0.3) is 0 Å². The van der Waals surface area contributed by atoms with Crippen LogP contribution in [0, 0.1) is 0 Å². The zero-order chi connectivity index (χ0) is 10.4. The maximum atomic E-state index is 5.67. The molecule has 0 saturated heterocycles. The lowest BCUT2D eigenvalue weighted by molar-refractivity contribution is 0.770. The first kappa shape index (κ1) is 11.6. The van der Waals surface area contributed by atoms with Gasteiger partial charge >= 0.3 is 0 Å². The Bertz CT molecular complexity index is 266. The number of hydrogen-bond donors (Lipinski definition) is 0. The van der Waals surface area contributed by atoms with Gasteiger partial charge in [0.15, 0.2) is 0 Å². The standard InChI is InChI=1S/C13H19Cl/c1-11(2)13-9-4-3-7-12(13)8-5-6-10-14/h3-4,7,9,11H,5-6,8,10H2,1-2H3. The van der Waals surface area contributed by atoms with Crippen molar-refractivity contribution in [3.63, 3.8) is 0 Å². The maximum Gasteiger partial charge on any atom is 0.0223 e. The molecule has 78 valence electrons. The van der Waals surface area contributed by atoms with Gasteiger partial charge in [0.05, 0.1) is 0 Å². The monoisotopic (exact) mass is 210 g/mol. The number of halogens is 1. The van der Waals surface area contributed by atoms with Gasteiger partial charge in [0.1, 0.15) is 0 Å². The summed E-state index contributed by atoms with van der Waals surface area (Å²) >= 11 is 5.67. The van der Waals surface area contributed by atoms with Crippen LogP contribution in [0.15, 0.2) is 24.3 Å². The van der Waals surface area contributed by atoms with Gasteiger partial charge in [-0.05, 0) is 36.3 Å². The normalized spacial score (nSPS) is 10.9. The van der Waals surface area contributed by atoms with Gasteiger partial charge in [-0.1, -0.05) is 38.1 Å². The van der Waals surface area contributed by atoms with Gasteiger partial charge in [0, 0.05) is 5.88 Å². The van der Waals surface area contributed by atoms with Crippen molar-refractivity contribution in [2.24, 2.45) is 0 Å². The van der Waals surface area contributed by atoms with E-state index < -0.39 is 0 Å². The number of hydrogen-bond acceptors (Lipinski definition) is 0. The molecule has 0 bridgehead atoms. The molecule has 0 fully saturated rings. The summed E-state index contributed by atoms with van der Waals surface area (Å²) in [5.74, 6) is 1.41. The smallest absolute Gasteiger partial charge is 0.0223 e. The number of rotatable bonds is 5. The van der Waals surface area contributed by atoms with E-state index in [2.05, 4.69) is 38.1 Å². The molecule has 0 aromatic heterocycles. The first-order valence-electron chi connectivity index (χ1n) is 5.39. The summed E-state index contributed by atoms with van der Waals surface area (Å²) in [4.78, 5) is 0. The number of unbranched alkanes of at least 4 members (excludes halogenated alkanes) is 1. The van der Waals surface area contributed by atoms with Crippen molar-refractivity contribution < 1.29 is 0 Å². The van der Waals surface area contributed by atoms with E-state index in [1.54, 1.807) is 0 Å². The molecule has 0 heterocycles. The Morgan fingerprint density at radius 3 is 2.50 bits per heavy atom. The summed E-state index contributed by atoms with van der Waals surface area (Å²) in [7, 11) is 0. The Hall–Kier alpha value is -0.490. The van der Waals surface area contributed by atoms with E-state index in [0.717, 1.165) is 12.3 Å². The van der Waals surface area contributed by atoms with Crippen LogP contribution in [0.1, 0.15) is 43.7 Å². The van der Waals surface area contributed by atoms with Crippen molar-refractivity contribution in [3.05, 3.63) is 35.4 Å². The predicted octanol–water partition coefficient (Wildman–Crippen LogP) is 4.37. The molecule has 0 radical (unpaired) electrons. The van der Waals surface area contributed by atoms with Crippen LogP contribution in [-0.4, -0.2) is 5.88 Å². The van der Waals surface area contributed by atoms with Crippen LogP contribution in [0.4, 0.5) is 0 Å². The van der Waals surface area contributed by atoms with E-state index in [1.807, 2.05) is 0 Å². The maximum absolute atomic E-state index is 5.67. The molecule has 1 rings (SSSR count). The summed E-state index contributed by atoms with van der Waals surface area (Å²) in [5.41, 5.74) is 2.98. The molecular formula is C13H19Cl. The second-order valence-corrected chi connectivity index (χ2v) is 4.38. The van der Waals surface area contributed by atoms with E-state index in [0.29, 0.717) is 5.92 Å². The topological polar surface area (TPSA) is 0 Å². The largest absolute Gasteiger partial charge is 0.127 e. The second-order valence-electron chi connectivity index (χ2n) is 4.00. The van der Waals surface area contributed by atoms with Crippen LogP contribution in [0.2, 0.25) is 0 Å². The minimum absolute atomic E-state index is 0.627. The highest BCUT2D eigenvalue weighted by atomic mass is 35.5. The Kier molecular flexibility index (Phi) is 5.03. The third-order valence-electron chi connectivity index (χ3n) is 2.51. The molecule has 0 aliphatic rings. The molecule has 0 atom stereocenters. The first-order valence-corrected chi connectivity index (χ1v) is 5.93. The molecular weight excluding hydrogens is 192 g/mol. The quantitative estimate of drug-likeness (QED) is 0.500. The van der Waals surface area contributed by atoms with Crippen LogP contribution < -0.4 is 0 Å². The van der Waals surface area contributed by atoms with E-state index in [9.17, 15) is 0 Å². The Balaban J connectivity index is 2.64. The fourth-order valence-electron chi connectivity index (χ4n) is 1.74. The molecule has 1 heteroatoms. The molecule has 0 spiro atoms. The highest BCUT2D eigenvalue weighted by Gasteiger charge is 2.04. The molecule has 0 aliphatic heterocycles. The number of aryl methyl sites for hydroxylation is 1. The van der Waals surface area contributed by atoms with Crippen LogP contribution in [0.3, 0.4) is 0 Å². The fraction of sp³-hybridized carbons (Fsp3) is 0.538. The van der Waals surface area contributed by atoms with Crippen molar-refractivity contribution in [1.29, 1.82) is 0 Å². The summed E-state index contributed by atoms with van der Waals surface area (Å²) < 4.78 is 0. The lowest BCUT2D eigenvalue weighted by atomic mass is 9.94. The molecule has 0 nitrogen and oxygen atoms in total. The third-order valence-corrected chi connectivity index (χ3v) is 2.77. The highest BCUT2D eigenvalue weighted by Crippen LogP contribution is 2.20. The lowest BCUT2D eigenvalue weighted by Crippen LogP contribution is -1.96. The van der Waals surface area contributed by atoms with Gasteiger partial charge in [-0.15, -0.1) is 11.6 Å². The average molecular weight is 211 g/mol. The van der Waals surface area contributed by atoms with E-state index in [-0.39, 0.29) is 0 Å². The summed E-state index contributed by atoms with van der Waals surface area (Å²) in [6.45, 7) is 4.50. The lowest BCUT2D eigenvalue weighted by Gasteiger charge is -2.11. The van der Waals surface area contributed by atoms with Crippen molar-refractivity contribution in [2.75, 3.05) is 5.88 Å². The van der Waals surface area contributed by atoms with Crippen LogP contribution in [0.5, 0.6) is 0 Å². The van der Waals surface area contributed by atoms with Gasteiger partial charge in [-0.3, -0.25) is 0 Å². The van der Waals surface area contributed by atoms with Crippen molar-refractivity contribution in [2.45, 2.75) is 39.0 Å². The summed E-state index contributed by atoms with van der Waals surface area (Å²) in [6.07, 6.45) is 3.49. The predicted molar refractivity (Wildman–Crippen MR) is 64.2 cm³/mol. The first-order chi connectivity index (χ1) is 6.75. The van der Waals surface area contributed by atoms with E-state index in [4.69, 9.17) is 11.6 Å². The van der Waals surface area contributed by atoms with E-state index in [1.165, 1.54) is 24.0 Å². The molecule has 1 aromatic rings. The second kappa shape index (κ2) is 6.08. The third kappa shape index (κ3) is 3.34. The van der Waals surface area contributed by atoms with Crippen LogP contribution in [0.25, 0.3) is 0 Å². The fourth-order valence-corrected chi connectivity index (χ4v) is 1.92. The number of alkyl halides is 1. The molecule has 0 amide bonds. The zero-order valence-corrected chi connectivity index (χ0v) is 9.85. The Morgan fingerprint density at radius 2 is 1.86 bits per heavy atom. The minimum Gasteiger partial charge on any atom is -0.127 e. The zero-order valence-electron chi connectivity index (χ0n) is 9.09. The van der Waals surface area contributed by atoms with Gasteiger partial charge in [0.2, 0.25) is 0 Å². The highest BCUT2D eigenvalue weighted by molar-refractivity contribution is 6.17. The SMILES string of the molecule is CC(C)c1ccccc1CCCCCl. The summed E-state index contributed by atoms with van der Waals surface area (Å²) in [6, 6.07) is 8.73. The summed E-state index contributed by atoms with van der Waals surface area (Å²) in [5, 5.41) is 0. The van der Waals surface area contributed by atoms with Crippen LogP contribution >= 0.6 is 11.6 Å². The van der Waals surface area contributed by atoms with E-state index >= 15 is 0 Å². The molecule has 0 saturated carbocycles. The van der Waals surface area contributed by atoms with Crippen molar-refractivity contribution >= 4 is 11.6 Å². The molecule has 0 unspecified atom stereocenters. The molecule has 1 aromatic carbocycles. The Labute approximate surface area is 92.3 Å². The van der Waals surface area contributed by atoms with Gasteiger partial charge < -0.3 is 0 Å². The molecule has 0 aliphatic carbocycles. The molecule has 14 heavy (non-hydrogen) atoms. The Morgan fingerprint density at radius 1 is 1.14 bits per heavy atom.